The fraction of sp³-hybridized carbons (Fsp3) is 0.286. The van der Waals surface area contributed by atoms with Gasteiger partial charge in [-0.2, -0.15) is 0 Å². The Balaban J connectivity index is 1.64. The second-order valence-electron chi connectivity index (χ2n) is 6.95. The summed E-state index contributed by atoms with van der Waals surface area (Å²) in [5, 5.41) is 19.7. The average Bonchev–Trinajstić information content (AvgIpc) is 2.80. The molecule has 11 heteroatoms. The standard InChI is InChI=1S/C21H23N5O5S/c1-2-19(27)22-15-4-6-16(7-5-15)23-21(32)24-20(28)14-3-8-17(18(13-14)26(29)30)25-9-11-31-12-10-25/h3-8,13H,2,9-12H2,1H3,(H,22,27)(H2,23,24,28,32). The molecule has 2 amide bonds. The monoisotopic (exact) mass is 457 g/mol. The number of nitro groups is 1. The van der Waals surface area contributed by atoms with E-state index < -0.39 is 10.8 Å². The number of nitrogens with zero attached hydrogens (tertiary/aromatic N) is 2. The summed E-state index contributed by atoms with van der Waals surface area (Å²) in [5.41, 5.74) is 1.67. The molecular formula is C21H23N5O5S. The molecule has 0 aromatic heterocycles. The number of carbonyl (C=O) groups is 2. The highest BCUT2D eigenvalue weighted by atomic mass is 32.1. The quantitative estimate of drug-likeness (QED) is 0.343. The van der Waals surface area contributed by atoms with Gasteiger partial charge in [0.25, 0.3) is 11.6 Å². The number of nitro benzene ring substituents is 1. The lowest BCUT2D eigenvalue weighted by molar-refractivity contribution is -0.384. The van der Waals surface area contributed by atoms with Gasteiger partial charge in [-0.15, -0.1) is 0 Å². The number of rotatable bonds is 6. The molecule has 0 radical (unpaired) electrons. The molecule has 3 rings (SSSR count). The van der Waals surface area contributed by atoms with E-state index in [0.29, 0.717) is 49.8 Å². The van der Waals surface area contributed by atoms with E-state index in [2.05, 4.69) is 16.0 Å². The lowest BCUT2D eigenvalue weighted by atomic mass is 10.1. The van der Waals surface area contributed by atoms with Gasteiger partial charge in [-0.1, -0.05) is 6.92 Å². The molecule has 1 heterocycles. The van der Waals surface area contributed by atoms with Crippen molar-refractivity contribution in [2.45, 2.75) is 13.3 Å². The lowest BCUT2D eigenvalue weighted by Crippen LogP contribution is -2.37. The predicted molar refractivity (Wildman–Crippen MR) is 125 cm³/mol. The number of anilines is 3. The van der Waals surface area contributed by atoms with Gasteiger partial charge in [0.15, 0.2) is 5.11 Å². The Hall–Kier alpha value is -3.57. The number of hydrogen-bond donors (Lipinski definition) is 3. The normalized spacial score (nSPS) is 13.2. The van der Waals surface area contributed by atoms with Crippen molar-refractivity contribution in [3.05, 3.63) is 58.1 Å². The fourth-order valence-corrected chi connectivity index (χ4v) is 3.32. The smallest absolute Gasteiger partial charge is 0.293 e. The van der Waals surface area contributed by atoms with Gasteiger partial charge in [-0.3, -0.25) is 25.0 Å². The van der Waals surface area contributed by atoms with Gasteiger partial charge in [0, 0.05) is 42.5 Å². The van der Waals surface area contributed by atoms with E-state index >= 15 is 0 Å². The molecule has 0 unspecified atom stereocenters. The molecule has 2 aromatic rings. The summed E-state index contributed by atoms with van der Waals surface area (Å²) in [6.45, 7) is 3.83. The largest absolute Gasteiger partial charge is 0.378 e. The van der Waals surface area contributed by atoms with E-state index in [1.807, 2.05) is 4.90 Å². The first kappa shape index (κ1) is 23.1. The van der Waals surface area contributed by atoms with Crippen molar-refractivity contribution in [3.8, 4) is 0 Å². The minimum atomic E-state index is -0.564. The van der Waals surface area contributed by atoms with E-state index in [9.17, 15) is 19.7 Å². The fourth-order valence-electron chi connectivity index (χ4n) is 3.11. The van der Waals surface area contributed by atoms with E-state index in [0.717, 1.165) is 0 Å². The number of morpholine rings is 1. The first-order valence-corrected chi connectivity index (χ1v) is 10.4. The van der Waals surface area contributed by atoms with Crippen LogP contribution in [-0.2, 0) is 9.53 Å². The molecule has 3 N–H and O–H groups in total. The molecule has 10 nitrogen and oxygen atoms in total. The third-order valence-corrected chi connectivity index (χ3v) is 4.96. The van der Waals surface area contributed by atoms with Crippen molar-refractivity contribution in [3.63, 3.8) is 0 Å². The Morgan fingerprint density at radius 1 is 1.09 bits per heavy atom. The maximum atomic E-state index is 12.6. The Morgan fingerprint density at radius 3 is 2.31 bits per heavy atom. The minimum Gasteiger partial charge on any atom is -0.378 e. The zero-order valence-corrected chi connectivity index (χ0v) is 18.2. The number of hydrogen-bond acceptors (Lipinski definition) is 7. The average molecular weight is 458 g/mol. The SMILES string of the molecule is CCC(=O)Nc1ccc(NC(=S)NC(=O)c2ccc(N3CCOCC3)c([N+](=O)[O-])c2)cc1. The molecule has 0 saturated carbocycles. The van der Waals surface area contributed by atoms with Gasteiger partial charge >= 0.3 is 0 Å². The lowest BCUT2D eigenvalue weighted by Gasteiger charge is -2.28. The van der Waals surface area contributed by atoms with Gasteiger partial charge in [-0.25, -0.2) is 0 Å². The zero-order chi connectivity index (χ0) is 23.1. The number of carbonyl (C=O) groups excluding carboxylic acids is 2. The predicted octanol–water partition coefficient (Wildman–Crippen LogP) is 2.91. The van der Waals surface area contributed by atoms with Crippen LogP contribution in [0.15, 0.2) is 42.5 Å². The molecule has 0 spiro atoms. The van der Waals surface area contributed by atoms with Crippen molar-refractivity contribution in [1.29, 1.82) is 0 Å². The van der Waals surface area contributed by atoms with Crippen LogP contribution in [0.5, 0.6) is 0 Å². The van der Waals surface area contributed by atoms with Gasteiger partial charge < -0.3 is 20.3 Å². The summed E-state index contributed by atoms with van der Waals surface area (Å²) in [4.78, 5) is 36.9. The molecule has 1 saturated heterocycles. The zero-order valence-electron chi connectivity index (χ0n) is 17.4. The van der Waals surface area contributed by atoms with E-state index in [1.165, 1.54) is 12.1 Å². The van der Waals surface area contributed by atoms with Crippen LogP contribution in [0.3, 0.4) is 0 Å². The molecule has 168 valence electrons. The molecule has 1 aliphatic heterocycles. The maximum absolute atomic E-state index is 12.6. The van der Waals surface area contributed by atoms with Gasteiger partial charge in [0.05, 0.1) is 18.1 Å². The van der Waals surface area contributed by atoms with Crippen LogP contribution < -0.4 is 20.9 Å². The van der Waals surface area contributed by atoms with E-state index in [1.54, 1.807) is 37.3 Å². The van der Waals surface area contributed by atoms with Crippen molar-refractivity contribution >= 4 is 51.9 Å². The second kappa shape index (κ2) is 10.6. The van der Waals surface area contributed by atoms with Crippen molar-refractivity contribution in [2.24, 2.45) is 0 Å². The molecule has 32 heavy (non-hydrogen) atoms. The molecule has 1 aliphatic rings. The van der Waals surface area contributed by atoms with Gasteiger partial charge in [0.1, 0.15) is 5.69 Å². The summed E-state index contributed by atoms with van der Waals surface area (Å²) in [6, 6.07) is 11.1. The third-order valence-electron chi connectivity index (χ3n) is 4.76. The first-order chi connectivity index (χ1) is 15.4. The summed E-state index contributed by atoms with van der Waals surface area (Å²) in [6.07, 6.45) is 0.377. The number of nitrogens with one attached hydrogen (secondary N) is 3. The first-order valence-electron chi connectivity index (χ1n) is 10.0. The van der Waals surface area contributed by atoms with E-state index in [-0.39, 0.29) is 22.3 Å². The van der Waals surface area contributed by atoms with Crippen molar-refractivity contribution < 1.29 is 19.2 Å². The third kappa shape index (κ3) is 5.99. The number of ether oxygens (including phenoxy) is 1. The molecule has 0 atom stereocenters. The molecule has 1 fully saturated rings. The maximum Gasteiger partial charge on any atom is 0.293 e. The van der Waals surface area contributed by atoms with Crippen LogP contribution in [0.1, 0.15) is 23.7 Å². The number of thiocarbonyl (C=S) groups is 1. The van der Waals surface area contributed by atoms with Gasteiger partial charge in [-0.05, 0) is 48.6 Å². The van der Waals surface area contributed by atoms with E-state index in [4.69, 9.17) is 17.0 Å². The van der Waals surface area contributed by atoms with Crippen LogP contribution in [0.4, 0.5) is 22.7 Å². The summed E-state index contributed by atoms with van der Waals surface area (Å²) >= 11 is 5.18. The van der Waals surface area contributed by atoms with Crippen LogP contribution in [0.25, 0.3) is 0 Å². The molecule has 2 aromatic carbocycles. The minimum absolute atomic E-state index is 0.0419. The van der Waals surface area contributed by atoms with Crippen LogP contribution in [0, 0.1) is 10.1 Å². The Kier molecular flexibility index (Phi) is 7.68. The molecule has 0 bridgehead atoms. The molecular weight excluding hydrogens is 434 g/mol. The highest BCUT2D eigenvalue weighted by Gasteiger charge is 2.23. The Bertz CT molecular complexity index is 1020. The van der Waals surface area contributed by atoms with Crippen molar-refractivity contribution in [2.75, 3.05) is 41.8 Å². The Morgan fingerprint density at radius 2 is 1.72 bits per heavy atom. The van der Waals surface area contributed by atoms with Crippen LogP contribution >= 0.6 is 12.2 Å². The molecule has 0 aliphatic carbocycles. The van der Waals surface area contributed by atoms with Crippen LogP contribution in [0.2, 0.25) is 0 Å². The highest BCUT2D eigenvalue weighted by molar-refractivity contribution is 7.80. The highest BCUT2D eigenvalue weighted by Crippen LogP contribution is 2.30. The second-order valence-corrected chi connectivity index (χ2v) is 7.36. The summed E-state index contributed by atoms with van der Waals surface area (Å²) in [5.74, 6) is -0.659. The van der Waals surface area contributed by atoms with Gasteiger partial charge in [0.2, 0.25) is 5.91 Å². The topological polar surface area (TPSA) is 126 Å². The van der Waals surface area contributed by atoms with Crippen LogP contribution in [-0.4, -0.2) is 48.2 Å². The number of benzene rings is 2. The summed E-state index contributed by atoms with van der Waals surface area (Å²) < 4.78 is 5.29. The summed E-state index contributed by atoms with van der Waals surface area (Å²) in [7, 11) is 0. The number of amides is 2. The van der Waals surface area contributed by atoms with Crippen molar-refractivity contribution in [1.82, 2.24) is 5.32 Å². The Labute approximate surface area is 190 Å².